The van der Waals surface area contributed by atoms with Gasteiger partial charge < -0.3 is 0 Å². The SMILES string of the molecule is Cc1sc(C)c2c1Sc1sc(=S)sc1S2. The highest BCUT2D eigenvalue weighted by atomic mass is 32.2. The molecule has 2 aromatic heterocycles. The van der Waals surface area contributed by atoms with Crippen LogP contribution in [0.25, 0.3) is 0 Å². The van der Waals surface area contributed by atoms with E-state index in [1.165, 1.54) is 28.0 Å². The summed E-state index contributed by atoms with van der Waals surface area (Å²) in [5, 5.41) is 0. The van der Waals surface area contributed by atoms with Gasteiger partial charge in [-0.05, 0) is 13.8 Å². The first kappa shape index (κ1) is 10.8. The van der Waals surface area contributed by atoms with Gasteiger partial charge in [0.15, 0.2) is 0 Å². The van der Waals surface area contributed by atoms with Gasteiger partial charge >= 0.3 is 0 Å². The topological polar surface area (TPSA) is 0 Å². The average Bonchev–Trinajstić information content (AvgIpc) is 2.65. The van der Waals surface area contributed by atoms with Gasteiger partial charge in [-0.15, -0.1) is 34.0 Å². The van der Waals surface area contributed by atoms with Crippen molar-refractivity contribution in [3.8, 4) is 0 Å². The molecule has 0 atom stereocenters. The van der Waals surface area contributed by atoms with E-state index in [1.54, 1.807) is 22.7 Å². The zero-order valence-corrected chi connectivity index (χ0v) is 12.8. The lowest BCUT2D eigenvalue weighted by Gasteiger charge is -2.11. The highest BCUT2D eigenvalue weighted by Gasteiger charge is 2.24. The van der Waals surface area contributed by atoms with E-state index >= 15 is 0 Å². The summed E-state index contributed by atoms with van der Waals surface area (Å²) < 4.78 is 3.83. The highest BCUT2D eigenvalue weighted by molar-refractivity contribution is 8.08. The van der Waals surface area contributed by atoms with Crippen LogP contribution in [-0.4, -0.2) is 0 Å². The maximum atomic E-state index is 5.24. The number of hydrogen-bond acceptors (Lipinski definition) is 6. The summed E-state index contributed by atoms with van der Waals surface area (Å²) in [5.41, 5.74) is 0. The molecule has 1 aliphatic rings. The van der Waals surface area contributed by atoms with Gasteiger partial charge in [-0.25, -0.2) is 0 Å². The molecule has 0 radical (unpaired) electrons. The first-order valence-corrected chi connectivity index (χ1v) is 8.74. The van der Waals surface area contributed by atoms with Crippen molar-refractivity contribution >= 4 is 69.8 Å². The van der Waals surface area contributed by atoms with Crippen molar-refractivity contribution in [1.82, 2.24) is 0 Å². The van der Waals surface area contributed by atoms with E-state index in [4.69, 9.17) is 12.2 Å². The highest BCUT2D eigenvalue weighted by Crippen LogP contribution is 2.57. The summed E-state index contributed by atoms with van der Waals surface area (Å²) in [4.78, 5) is 5.79. The number of thiophene rings is 1. The maximum absolute atomic E-state index is 5.24. The monoisotopic (exact) mass is 306 g/mol. The van der Waals surface area contributed by atoms with E-state index in [0.717, 1.165) is 3.14 Å². The molecule has 78 valence electrons. The Morgan fingerprint density at radius 2 is 1.27 bits per heavy atom. The molecule has 1 aliphatic heterocycles. The molecule has 0 N–H and O–H groups in total. The Morgan fingerprint density at radius 3 is 1.73 bits per heavy atom. The van der Waals surface area contributed by atoms with Gasteiger partial charge in [0.25, 0.3) is 0 Å². The van der Waals surface area contributed by atoms with Gasteiger partial charge in [0.2, 0.25) is 0 Å². The van der Waals surface area contributed by atoms with Gasteiger partial charge in [-0.3, -0.25) is 0 Å². The van der Waals surface area contributed by atoms with Crippen molar-refractivity contribution in [2.45, 2.75) is 32.1 Å². The second kappa shape index (κ2) is 3.85. The molecule has 0 unspecified atom stereocenters. The third-order valence-electron chi connectivity index (χ3n) is 2.06. The fourth-order valence-electron chi connectivity index (χ4n) is 1.44. The Morgan fingerprint density at radius 1 is 0.800 bits per heavy atom. The van der Waals surface area contributed by atoms with Crippen LogP contribution in [0.4, 0.5) is 0 Å². The Balaban J connectivity index is 2.19. The van der Waals surface area contributed by atoms with Crippen LogP contribution >= 0.6 is 69.8 Å². The number of fused-ring (bicyclic) bond motifs is 2. The molecule has 0 saturated heterocycles. The lowest BCUT2D eigenvalue weighted by molar-refractivity contribution is 1.20. The van der Waals surface area contributed by atoms with Crippen LogP contribution < -0.4 is 0 Å². The number of rotatable bonds is 0. The molecule has 0 nitrogen and oxygen atoms in total. The Kier molecular flexibility index (Phi) is 2.78. The predicted molar refractivity (Wildman–Crippen MR) is 75.1 cm³/mol. The molecule has 15 heavy (non-hydrogen) atoms. The molecule has 3 heterocycles. The second-order valence-electron chi connectivity index (χ2n) is 3.11. The van der Waals surface area contributed by atoms with Crippen molar-refractivity contribution in [3.05, 3.63) is 12.9 Å². The van der Waals surface area contributed by atoms with Crippen LogP contribution in [0.15, 0.2) is 18.2 Å². The summed E-state index contributed by atoms with van der Waals surface area (Å²) in [6, 6.07) is 0. The number of aryl methyl sites for hydroxylation is 2. The Labute approximate surface area is 114 Å². The van der Waals surface area contributed by atoms with E-state index in [-0.39, 0.29) is 0 Å². The standard InChI is InChI=1S/C9H6S6/c1-3-5-6(4(2)11-3)13-8-7(12-5)14-9(10)15-8/h1-2H3. The van der Waals surface area contributed by atoms with Crippen LogP contribution in [0.2, 0.25) is 0 Å². The van der Waals surface area contributed by atoms with E-state index in [2.05, 4.69) is 13.8 Å². The minimum absolute atomic E-state index is 1.05. The number of hydrogen-bond donors (Lipinski definition) is 0. The van der Waals surface area contributed by atoms with Crippen LogP contribution in [0, 0.1) is 17.0 Å². The normalized spacial score (nSPS) is 13.7. The van der Waals surface area contributed by atoms with Crippen LogP contribution in [0.1, 0.15) is 9.75 Å². The molecule has 0 aliphatic carbocycles. The predicted octanol–water partition coefficient (Wildman–Crippen LogP) is 5.83. The van der Waals surface area contributed by atoms with Crippen molar-refractivity contribution in [2.75, 3.05) is 0 Å². The molecule has 2 aromatic rings. The first-order valence-electron chi connectivity index (χ1n) is 4.25. The van der Waals surface area contributed by atoms with E-state index < -0.39 is 0 Å². The molecule has 0 amide bonds. The molecule has 6 heteroatoms. The zero-order valence-electron chi connectivity index (χ0n) is 7.95. The first-order chi connectivity index (χ1) is 7.15. The maximum Gasteiger partial charge on any atom is 0.145 e. The summed E-state index contributed by atoms with van der Waals surface area (Å²) >= 11 is 14.5. The van der Waals surface area contributed by atoms with Gasteiger partial charge in [0, 0.05) is 19.5 Å². The molecular formula is C9H6S6. The summed E-state index contributed by atoms with van der Waals surface area (Å²) in [7, 11) is 0. The summed E-state index contributed by atoms with van der Waals surface area (Å²) in [5.74, 6) is 0. The third-order valence-corrected chi connectivity index (χ3v) is 9.31. The lowest BCUT2D eigenvalue weighted by atomic mass is 10.4. The van der Waals surface area contributed by atoms with Gasteiger partial charge in [0.05, 0.1) is 8.42 Å². The van der Waals surface area contributed by atoms with Gasteiger partial charge in [0.1, 0.15) is 3.14 Å². The van der Waals surface area contributed by atoms with Gasteiger partial charge in [-0.1, -0.05) is 35.7 Å². The smallest absolute Gasteiger partial charge is 0.144 e. The van der Waals surface area contributed by atoms with Crippen LogP contribution in [-0.2, 0) is 0 Å². The lowest BCUT2D eigenvalue weighted by Crippen LogP contribution is -1.82. The second-order valence-corrected chi connectivity index (χ2v) is 10.3. The minimum Gasteiger partial charge on any atom is -0.144 e. The summed E-state index contributed by atoms with van der Waals surface area (Å²) in [6.45, 7) is 4.42. The van der Waals surface area contributed by atoms with Crippen molar-refractivity contribution < 1.29 is 0 Å². The summed E-state index contributed by atoms with van der Waals surface area (Å²) in [6.07, 6.45) is 0. The largest absolute Gasteiger partial charge is 0.145 e. The quantitative estimate of drug-likeness (QED) is 0.479. The Hall–Kier alpha value is 0.670. The van der Waals surface area contributed by atoms with Crippen molar-refractivity contribution in [3.63, 3.8) is 0 Å². The van der Waals surface area contributed by atoms with Crippen LogP contribution in [0.3, 0.4) is 0 Å². The Bertz CT molecular complexity index is 537. The molecular weight excluding hydrogens is 301 g/mol. The molecule has 0 saturated carbocycles. The van der Waals surface area contributed by atoms with E-state index in [1.807, 2.05) is 34.9 Å². The van der Waals surface area contributed by atoms with Crippen molar-refractivity contribution in [1.29, 1.82) is 0 Å². The molecule has 3 rings (SSSR count). The zero-order chi connectivity index (χ0) is 10.6. The third kappa shape index (κ3) is 1.75. The van der Waals surface area contributed by atoms with E-state index in [9.17, 15) is 0 Å². The van der Waals surface area contributed by atoms with E-state index in [0.29, 0.717) is 0 Å². The van der Waals surface area contributed by atoms with Gasteiger partial charge in [-0.2, -0.15) is 0 Å². The molecule has 0 fully saturated rings. The minimum atomic E-state index is 1.05. The van der Waals surface area contributed by atoms with Crippen molar-refractivity contribution in [2.24, 2.45) is 0 Å². The molecule has 0 aromatic carbocycles. The molecule has 0 spiro atoms. The fraction of sp³-hybridized carbons (Fsp3) is 0.222. The molecule has 0 bridgehead atoms. The average molecular weight is 307 g/mol. The fourth-order valence-corrected chi connectivity index (χ4v) is 9.09. The van der Waals surface area contributed by atoms with Crippen LogP contribution in [0.5, 0.6) is 0 Å².